The molecule has 0 fully saturated rings. The summed E-state index contributed by atoms with van der Waals surface area (Å²) in [6.07, 6.45) is 1.99. The van der Waals surface area contributed by atoms with E-state index in [1.165, 1.54) is 5.56 Å². The Kier molecular flexibility index (Phi) is 2.39. The lowest BCUT2D eigenvalue weighted by Crippen LogP contribution is -1.98. The molecule has 0 bridgehead atoms. The van der Waals surface area contributed by atoms with Gasteiger partial charge < -0.3 is 4.74 Å². The molecule has 3 nitrogen and oxygen atoms in total. The Bertz CT molecular complexity index is 486. The molecule has 0 aliphatic carbocycles. The molecule has 3 heteroatoms. The maximum atomic E-state index is 5.47. The van der Waals surface area contributed by atoms with E-state index in [1.54, 1.807) is 7.11 Å². The number of aromatic nitrogens is 2. The Labute approximate surface area is 89.7 Å². The fraction of sp³-hybridized carbons (Fsp3) is 0.417. The first-order valence-corrected chi connectivity index (χ1v) is 5.16. The van der Waals surface area contributed by atoms with Gasteiger partial charge in [-0.3, -0.25) is 0 Å². The molecular weight excluding hydrogens is 188 g/mol. The predicted octanol–water partition coefficient (Wildman–Crippen LogP) is 2.77. The number of rotatable bonds is 2. The molecule has 15 heavy (non-hydrogen) atoms. The van der Waals surface area contributed by atoms with Crippen LogP contribution >= 0.6 is 0 Å². The largest absolute Gasteiger partial charge is 0.494 e. The maximum Gasteiger partial charge on any atom is 0.148 e. The molecule has 0 atom stereocenters. The van der Waals surface area contributed by atoms with Gasteiger partial charge in [0.1, 0.15) is 11.3 Å². The van der Waals surface area contributed by atoms with Crippen molar-refractivity contribution in [2.24, 2.45) is 0 Å². The van der Waals surface area contributed by atoms with Gasteiger partial charge in [0.05, 0.1) is 12.8 Å². The molecular formula is C12H16N2O. The summed E-state index contributed by atoms with van der Waals surface area (Å²) in [6, 6.07) is 4.12. The Morgan fingerprint density at radius 1 is 1.40 bits per heavy atom. The minimum Gasteiger partial charge on any atom is -0.494 e. The van der Waals surface area contributed by atoms with Crippen molar-refractivity contribution in [3.05, 3.63) is 29.6 Å². The zero-order chi connectivity index (χ0) is 11.0. The standard InChI is InChI=1S/C12H16N2O/c1-8(2)10-5-6-14-11(12(10)15-4)7-9(3)13-14/h5-8H,1-4H3. The average Bonchev–Trinajstić information content (AvgIpc) is 2.55. The second-order valence-electron chi connectivity index (χ2n) is 4.07. The smallest absolute Gasteiger partial charge is 0.148 e. The van der Waals surface area contributed by atoms with E-state index in [4.69, 9.17) is 4.74 Å². The highest BCUT2D eigenvalue weighted by Crippen LogP contribution is 2.30. The molecule has 2 aromatic rings. The van der Waals surface area contributed by atoms with E-state index >= 15 is 0 Å². The number of fused-ring (bicyclic) bond motifs is 1. The molecule has 0 amide bonds. The van der Waals surface area contributed by atoms with Gasteiger partial charge in [-0.25, -0.2) is 4.52 Å². The quantitative estimate of drug-likeness (QED) is 0.752. The fourth-order valence-electron chi connectivity index (χ4n) is 1.85. The Hall–Kier alpha value is -1.51. The van der Waals surface area contributed by atoms with E-state index in [-0.39, 0.29) is 0 Å². The van der Waals surface area contributed by atoms with Crippen LogP contribution in [0.5, 0.6) is 5.75 Å². The summed E-state index contributed by atoms with van der Waals surface area (Å²) in [6.45, 7) is 6.32. The monoisotopic (exact) mass is 204 g/mol. The Balaban J connectivity index is 2.74. The van der Waals surface area contributed by atoms with E-state index in [0.29, 0.717) is 5.92 Å². The highest BCUT2D eigenvalue weighted by atomic mass is 16.5. The first-order chi connectivity index (χ1) is 7.13. The summed E-state index contributed by atoms with van der Waals surface area (Å²) in [5, 5.41) is 4.36. The van der Waals surface area contributed by atoms with E-state index < -0.39 is 0 Å². The number of aryl methyl sites for hydroxylation is 1. The van der Waals surface area contributed by atoms with Crippen LogP contribution in [0.3, 0.4) is 0 Å². The van der Waals surface area contributed by atoms with Gasteiger partial charge in [-0.15, -0.1) is 0 Å². The predicted molar refractivity (Wildman–Crippen MR) is 60.6 cm³/mol. The minimum absolute atomic E-state index is 0.458. The van der Waals surface area contributed by atoms with Crippen molar-refractivity contribution in [2.45, 2.75) is 26.7 Å². The highest BCUT2D eigenvalue weighted by molar-refractivity contribution is 5.64. The van der Waals surface area contributed by atoms with Crippen LogP contribution in [0.2, 0.25) is 0 Å². The fourth-order valence-corrected chi connectivity index (χ4v) is 1.85. The molecule has 0 unspecified atom stereocenters. The lowest BCUT2D eigenvalue weighted by atomic mass is 10.0. The third kappa shape index (κ3) is 1.58. The molecule has 2 aromatic heterocycles. The summed E-state index contributed by atoms with van der Waals surface area (Å²) in [5.74, 6) is 1.40. The summed E-state index contributed by atoms with van der Waals surface area (Å²) in [7, 11) is 1.71. The summed E-state index contributed by atoms with van der Waals surface area (Å²) in [5.41, 5.74) is 3.28. The van der Waals surface area contributed by atoms with Gasteiger partial charge in [0.15, 0.2) is 0 Å². The number of hydrogen-bond donors (Lipinski definition) is 0. The van der Waals surface area contributed by atoms with Crippen LogP contribution in [0.15, 0.2) is 18.3 Å². The Morgan fingerprint density at radius 3 is 2.73 bits per heavy atom. The molecule has 0 aliphatic rings. The van der Waals surface area contributed by atoms with Gasteiger partial charge in [0.2, 0.25) is 0 Å². The summed E-state index contributed by atoms with van der Waals surface area (Å²) >= 11 is 0. The Morgan fingerprint density at radius 2 is 2.13 bits per heavy atom. The summed E-state index contributed by atoms with van der Waals surface area (Å²) < 4.78 is 7.33. The number of methoxy groups -OCH3 is 1. The molecule has 0 saturated carbocycles. The number of pyridine rings is 1. The molecule has 0 radical (unpaired) electrons. The van der Waals surface area contributed by atoms with E-state index in [0.717, 1.165) is 17.0 Å². The zero-order valence-corrected chi connectivity index (χ0v) is 9.61. The van der Waals surface area contributed by atoms with Crippen molar-refractivity contribution in [2.75, 3.05) is 7.11 Å². The van der Waals surface area contributed by atoms with Gasteiger partial charge in [-0.05, 0) is 25.0 Å². The van der Waals surface area contributed by atoms with Crippen LogP contribution in [0.25, 0.3) is 5.52 Å². The van der Waals surface area contributed by atoms with Crippen molar-refractivity contribution in [3.63, 3.8) is 0 Å². The second-order valence-corrected chi connectivity index (χ2v) is 4.07. The lowest BCUT2D eigenvalue weighted by Gasteiger charge is -2.12. The maximum absolute atomic E-state index is 5.47. The molecule has 80 valence electrons. The van der Waals surface area contributed by atoms with E-state index in [1.807, 2.05) is 23.7 Å². The first kappa shape index (κ1) is 10.0. The lowest BCUT2D eigenvalue weighted by molar-refractivity contribution is 0.410. The molecule has 2 heterocycles. The van der Waals surface area contributed by atoms with E-state index in [9.17, 15) is 0 Å². The van der Waals surface area contributed by atoms with Gasteiger partial charge in [-0.2, -0.15) is 5.10 Å². The minimum atomic E-state index is 0.458. The van der Waals surface area contributed by atoms with Crippen molar-refractivity contribution in [3.8, 4) is 5.75 Å². The van der Waals surface area contributed by atoms with Crippen LogP contribution in [-0.4, -0.2) is 16.7 Å². The van der Waals surface area contributed by atoms with Crippen molar-refractivity contribution < 1.29 is 4.74 Å². The van der Waals surface area contributed by atoms with Crippen LogP contribution in [0.4, 0.5) is 0 Å². The normalized spacial score (nSPS) is 11.3. The number of nitrogens with zero attached hydrogens (tertiary/aromatic N) is 2. The third-order valence-electron chi connectivity index (χ3n) is 2.57. The number of ether oxygens (including phenoxy) is 1. The third-order valence-corrected chi connectivity index (χ3v) is 2.57. The topological polar surface area (TPSA) is 26.5 Å². The van der Waals surface area contributed by atoms with Crippen LogP contribution in [0, 0.1) is 6.92 Å². The molecule has 0 aromatic carbocycles. The van der Waals surface area contributed by atoms with Crippen molar-refractivity contribution in [1.82, 2.24) is 9.61 Å². The van der Waals surface area contributed by atoms with Crippen LogP contribution in [0.1, 0.15) is 31.0 Å². The molecule has 0 saturated heterocycles. The SMILES string of the molecule is COc1c(C(C)C)ccn2nc(C)cc12. The van der Waals surface area contributed by atoms with Crippen molar-refractivity contribution in [1.29, 1.82) is 0 Å². The zero-order valence-electron chi connectivity index (χ0n) is 9.61. The molecule has 0 N–H and O–H groups in total. The van der Waals surface area contributed by atoms with Gasteiger partial charge in [0, 0.05) is 11.8 Å². The summed E-state index contributed by atoms with van der Waals surface area (Å²) in [4.78, 5) is 0. The van der Waals surface area contributed by atoms with Crippen LogP contribution in [-0.2, 0) is 0 Å². The molecule has 0 spiro atoms. The van der Waals surface area contributed by atoms with Gasteiger partial charge in [-0.1, -0.05) is 13.8 Å². The molecule has 0 aliphatic heterocycles. The van der Waals surface area contributed by atoms with Gasteiger partial charge in [0.25, 0.3) is 0 Å². The van der Waals surface area contributed by atoms with E-state index in [2.05, 4.69) is 25.0 Å². The second kappa shape index (κ2) is 3.57. The average molecular weight is 204 g/mol. The van der Waals surface area contributed by atoms with Crippen molar-refractivity contribution >= 4 is 5.52 Å². The first-order valence-electron chi connectivity index (χ1n) is 5.16. The van der Waals surface area contributed by atoms with Crippen LogP contribution < -0.4 is 4.74 Å². The number of hydrogen-bond acceptors (Lipinski definition) is 2. The van der Waals surface area contributed by atoms with Gasteiger partial charge >= 0.3 is 0 Å². The highest BCUT2D eigenvalue weighted by Gasteiger charge is 2.12. The molecule has 2 rings (SSSR count).